The van der Waals surface area contributed by atoms with Gasteiger partial charge in [-0.25, -0.2) is 0 Å². The van der Waals surface area contributed by atoms with Gasteiger partial charge in [0, 0.05) is 25.2 Å². The van der Waals surface area contributed by atoms with Crippen molar-refractivity contribution in [2.24, 2.45) is 0 Å². The zero-order valence-electron chi connectivity index (χ0n) is 14.1. The number of hydrogen-bond donors (Lipinski definition) is 1. The van der Waals surface area contributed by atoms with Crippen molar-refractivity contribution in [3.05, 3.63) is 35.4 Å². The average molecular weight is 288 g/mol. The Kier molecular flexibility index (Phi) is 6.72. The van der Waals surface area contributed by atoms with Crippen LogP contribution in [0.1, 0.15) is 63.6 Å². The number of hydrogen-bond acceptors (Lipinski definition) is 2. The van der Waals surface area contributed by atoms with Crippen LogP contribution in [0.25, 0.3) is 0 Å². The first-order valence-electron chi connectivity index (χ1n) is 8.80. The summed E-state index contributed by atoms with van der Waals surface area (Å²) in [5, 5.41) is 3.67. The summed E-state index contributed by atoms with van der Waals surface area (Å²) in [5.41, 5.74) is 2.88. The molecule has 1 saturated carbocycles. The standard InChI is InChI=1S/C19H32N2/c1-4-6-7-17-8-10-18(11-9-17)16(3)20-14-15-21(5-2)19-12-13-19/h8-11,16,19-20H,4-7,12-15H2,1-3H3. The Balaban J connectivity index is 1.73. The number of rotatable bonds is 10. The van der Waals surface area contributed by atoms with E-state index in [1.165, 1.54) is 56.3 Å². The molecule has 21 heavy (non-hydrogen) atoms. The number of likely N-dealkylation sites (N-methyl/N-ethyl adjacent to an activating group) is 1. The van der Waals surface area contributed by atoms with Crippen LogP contribution < -0.4 is 5.32 Å². The Morgan fingerprint density at radius 1 is 1.19 bits per heavy atom. The third-order valence-electron chi connectivity index (χ3n) is 4.62. The smallest absolute Gasteiger partial charge is 0.0292 e. The van der Waals surface area contributed by atoms with Crippen LogP contribution in [0.15, 0.2) is 24.3 Å². The highest BCUT2D eigenvalue weighted by atomic mass is 15.2. The van der Waals surface area contributed by atoms with Gasteiger partial charge in [-0.2, -0.15) is 0 Å². The van der Waals surface area contributed by atoms with Crippen LogP contribution in [-0.2, 0) is 6.42 Å². The molecule has 118 valence electrons. The van der Waals surface area contributed by atoms with Gasteiger partial charge in [0.1, 0.15) is 0 Å². The van der Waals surface area contributed by atoms with Gasteiger partial charge in [0.15, 0.2) is 0 Å². The fourth-order valence-corrected chi connectivity index (χ4v) is 2.93. The molecule has 0 aromatic heterocycles. The Morgan fingerprint density at radius 3 is 2.48 bits per heavy atom. The average Bonchev–Trinajstić information content (AvgIpc) is 3.34. The normalized spacial score (nSPS) is 16.4. The minimum absolute atomic E-state index is 0.447. The lowest BCUT2D eigenvalue weighted by Crippen LogP contribution is -2.34. The predicted molar refractivity (Wildman–Crippen MR) is 91.7 cm³/mol. The van der Waals surface area contributed by atoms with Gasteiger partial charge in [0.25, 0.3) is 0 Å². The van der Waals surface area contributed by atoms with Crippen LogP contribution in [0.4, 0.5) is 0 Å². The molecule has 0 aliphatic heterocycles. The highest BCUT2D eigenvalue weighted by molar-refractivity contribution is 5.24. The summed E-state index contributed by atoms with van der Waals surface area (Å²) in [6.07, 6.45) is 6.59. The molecule has 1 fully saturated rings. The van der Waals surface area contributed by atoms with Gasteiger partial charge in [-0.05, 0) is 50.3 Å². The zero-order chi connectivity index (χ0) is 15.1. The van der Waals surface area contributed by atoms with Gasteiger partial charge in [-0.3, -0.25) is 4.90 Å². The Morgan fingerprint density at radius 2 is 1.90 bits per heavy atom. The van der Waals surface area contributed by atoms with Crippen molar-refractivity contribution in [1.82, 2.24) is 10.2 Å². The maximum Gasteiger partial charge on any atom is 0.0292 e. The van der Waals surface area contributed by atoms with Gasteiger partial charge in [-0.15, -0.1) is 0 Å². The van der Waals surface area contributed by atoms with Crippen molar-refractivity contribution < 1.29 is 0 Å². The molecule has 1 aliphatic carbocycles. The molecule has 0 bridgehead atoms. The summed E-state index contributed by atoms with van der Waals surface area (Å²) < 4.78 is 0. The van der Waals surface area contributed by atoms with E-state index in [-0.39, 0.29) is 0 Å². The molecule has 0 saturated heterocycles. The fraction of sp³-hybridized carbons (Fsp3) is 0.684. The van der Waals surface area contributed by atoms with Crippen LogP contribution in [-0.4, -0.2) is 30.6 Å². The SMILES string of the molecule is CCCCc1ccc(C(C)NCCN(CC)C2CC2)cc1. The minimum Gasteiger partial charge on any atom is -0.309 e. The lowest BCUT2D eigenvalue weighted by Gasteiger charge is -2.22. The number of aryl methyl sites for hydroxylation is 1. The second-order valence-electron chi connectivity index (χ2n) is 6.38. The molecule has 2 nitrogen and oxygen atoms in total. The molecule has 0 spiro atoms. The highest BCUT2D eigenvalue weighted by Crippen LogP contribution is 2.26. The van der Waals surface area contributed by atoms with Gasteiger partial charge in [-0.1, -0.05) is 44.5 Å². The fourth-order valence-electron chi connectivity index (χ4n) is 2.93. The van der Waals surface area contributed by atoms with Crippen LogP contribution in [0.5, 0.6) is 0 Å². The van der Waals surface area contributed by atoms with Crippen molar-refractivity contribution in [2.75, 3.05) is 19.6 Å². The van der Waals surface area contributed by atoms with Crippen molar-refractivity contribution in [3.63, 3.8) is 0 Å². The van der Waals surface area contributed by atoms with Crippen molar-refractivity contribution in [3.8, 4) is 0 Å². The number of nitrogens with zero attached hydrogens (tertiary/aromatic N) is 1. The van der Waals surface area contributed by atoms with E-state index >= 15 is 0 Å². The second-order valence-corrected chi connectivity index (χ2v) is 6.38. The third-order valence-corrected chi connectivity index (χ3v) is 4.62. The Hall–Kier alpha value is -0.860. The second kappa shape index (κ2) is 8.55. The first-order chi connectivity index (χ1) is 10.2. The molecule has 1 aromatic rings. The third kappa shape index (κ3) is 5.44. The molecule has 1 atom stereocenters. The quantitative estimate of drug-likeness (QED) is 0.695. The molecule has 1 aromatic carbocycles. The Labute approximate surface area is 130 Å². The maximum atomic E-state index is 3.67. The molecule has 0 amide bonds. The monoisotopic (exact) mass is 288 g/mol. The van der Waals surface area contributed by atoms with E-state index in [2.05, 4.69) is 55.3 Å². The van der Waals surface area contributed by atoms with Crippen LogP contribution >= 0.6 is 0 Å². The summed E-state index contributed by atoms with van der Waals surface area (Å²) in [6.45, 7) is 10.3. The van der Waals surface area contributed by atoms with E-state index in [1.54, 1.807) is 0 Å². The number of benzene rings is 1. The van der Waals surface area contributed by atoms with Gasteiger partial charge in [0.2, 0.25) is 0 Å². The van der Waals surface area contributed by atoms with Crippen molar-refractivity contribution in [1.29, 1.82) is 0 Å². The molecule has 2 heteroatoms. The first kappa shape index (κ1) is 16.5. The molecule has 1 aliphatic rings. The van der Waals surface area contributed by atoms with E-state index in [9.17, 15) is 0 Å². The molecular formula is C19H32N2. The topological polar surface area (TPSA) is 15.3 Å². The van der Waals surface area contributed by atoms with Crippen molar-refractivity contribution in [2.45, 2.75) is 65.0 Å². The summed E-state index contributed by atoms with van der Waals surface area (Å²) in [4.78, 5) is 2.60. The summed E-state index contributed by atoms with van der Waals surface area (Å²) >= 11 is 0. The largest absolute Gasteiger partial charge is 0.309 e. The lowest BCUT2D eigenvalue weighted by molar-refractivity contribution is 0.273. The van der Waals surface area contributed by atoms with E-state index in [1.807, 2.05) is 0 Å². The number of unbranched alkanes of at least 4 members (excludes halogenated alkanes) is 1. The zero-order valence-corrected chi connectivity index (χ0v) is 14.1. The summed E-state index contributed by atoms with van der Waals surface area (Å²) in [7, 11) is 0. The molecule has 1 unspecified atom stereocenters. The van der Waals surface area contributed by atoms with Crippen LogP contribution in [0.2, 0.25) is 0 Å². The molecular weight excluding hydrogens is 256 g/mol. The van der Waals surface area contributed by atoms with Gasteiger partial charge < -0.3 is 5.32 Å². The summed E-state index contributed by atoms with van der Waals surface area (Å²) in [6, 6.07) is 10.5. The molecule has 2 rings (SSSR count). The summed E-state index contributed by atoms with van der Waals surface area (Å²) in [5.74, 6) is 0. The van der Waals surface area contributed by atoms with Gasteiger partial charge in [0.05, 0.1) is 0 Å². The molecule has 0 heterocycles. The lowest BCUT2D eigenvalue weighted by atomic mass is 10.0. The van der Waals surface area contributed by atoms with Gasteiger partial charge >= 0.3 is 0 Å². The number of nitrogens with one attached hydrogen (secondary N) is 1. The van der Waals surface area contributed by atoms with E-state index in [0.717, 1.165) is 12.6 Å². The van der Waals surface area contributed by atoms with Crippen LogP contribution in [0.3, 0.4) is 0 Å². The molecule has 1 N–H and O–H groups in total. The van der Waals surface area contributed by atoms with E-state index < -0.39 is 0 Å². The predicted octanol–water partition coefficient (Wildman–Crippen LogP) is 4.16. The first-order valence-corrected chi connectivity index (χ1v) is 8.80. The minimum atomic E-state index is 0.447. The maximum absolute atomic E-state index is 3.67. The van der Waals surface area contributed by atoms with Crippen LogP contribution in [0, 0.1) is 0 Å². The highest BCUT2D eigenvalue weighted by Gasteiger charge is 2.27. The van der Waals surface area contributed by atoms with E-state index in [0.29, 0.717) is 6.04 Å². The molecule has 0 radical (unpaired) electrons. The van der Waals surface area contributed by atoms with E-state index in [4.69, 9.17) is 0 Å². The van der Waals surface area contributed by atoms with Crippen molar-refractivity contribution >= 4 is 0 Å². The Bertz CT molecular complexity index is 395.